The smallest absolute Gasteiger partial charge is 0.290 e. The van der Waals surface area contributed by atoms with Gasteiger partial charge in [-0.15, -0.1) is 11.8 Å². The number of nitrogens with one attached hydrogen (secondary N) is 1. The number of carbonyl (C=O) groups excluding carboxylic acids is 2. The number of aryl methyl sites for hydroxylation is 1. The second kappa shape index (κ2) is 9.22. The lowest BCUT2D eigenvalue weighted by molar-refractivity contribution is -0.126. The molecule has 6 heteroatoms. The highest BCUT2D eigenvalue weighted by molar-refractivity contribution is 7.99. The molecule has 0 saturated heterocycles. The molecule has 0 radical (unpaired) electrons. The van der Waals surface area contributed by atoms with Crippen molar-refractivity contribution in [2.45, 2.75) is 30.8 Å². The first-order chi connectivity index (χ1) is 14.6. The van der Waals surface area contributed by atoms with Crippen LogP contribution in [-0.2, 0) is 17.8 Å². The van der Waals surface area contributed by atoms with Crippen LogP contribution < -0.4 is 5.32 Å². The van der Waals surface area contributed by atoms with E-state index in [4.69, 9.17) is 4.42 Å². The molecule has 0 bridgehead atoms. The van der Waals surface area contributed by atoms with E-state index in [0.29, 0.717) is 19.5 Å². The van der Waals surface area contributed by atoms with E-state index < -0.39 is 6.04 Å². The van der Waals surface area contributed by atoms with E-state index in [2.05, 4.69) is 36.5 Å². The van der Waals surface area contributed by atoms with E-state index >= 15 is 0 Å². The summed E-state index contributed by atoms with van der Waals surface area (Å²) in [5, 5.41) is 3.01. The molecule has 2 amide bonds. The highest BCUT2D eigenvalue weighted by atomic mass is 32.2. The molecule has 2 heterocycles. The third-order valence-corrected chi connectivity index (χ3v) is 6.25. The number of thioether (sulfide) groups is 1. The third-order valence-electron chi connectivity index (χ3n) is 5.24. The van der Waals surface area contributed by atoms with E-state index in [1.54, 1.807) is 28.8 Å². The molecule has 30 heavy (non-hydrogen) atoms. The summed E-state index contributed by atoms with van der Waals surface area (Å²) in [4.78, 5) is 28.8. The quantitative estimate of drug-likeness (QED) is 0.482. The Balaban J connectivity index is 1.42. The molecule has 1 atom stereocenters. The number of nitrogens with zero attached hydrogens (tertiary/aromatic N) is 1. The van der Waals surface area contributed by atoms with Crippen LogP contribution in [-0.4, -0.2) is 35.1 Å². The molecule has 1 aliphatic rings. The van der Waals surface area contributed by atoms with Crippen molar-refractivity contribution in [3.8, 4) is 0 Å². The number of hydrogen-bond donors (Lipinski definition) is 1. The summed E-state index contributed by atoms with van der Waals surface area (Å²) in [7, 11) is 0. The second-order valence-corrected chi connectivity index (χ2v) is 8.52. The minimum Gasteiger partial charge on any atom is -0.459 e. The molecule has 3 aromatic rings. The number of furan rings is 1. The number of hydrogen-bond acceptors (Lipinski definition) is 4. The van der Waals surface area contributed by atoms with Gasteiger partial charge >= 0.3 is 0 Å². The van der Waals surface area contributed by atoms with Gasteiger partial charge in [0.05, 0.1) is 6.26 Å². The Labute approximate surface area is 180 Å². The van der Waals surface area contributed by atoms with E-state index in [-0.39, 0.29) is 17.6 Å². The van der Waals surface area contributed by atoms with Gasteiger partial charge < -0.3 is 14.6 Å². The van der Waals surface area contributed by atoms with Gasteiger partial charge in [0.2, 0.25) is 5.91 Å². The summed E-state index contributed by atoms with van der Waals surface area (Å²) in [6.45, 7) is 3.00. The van der Waals surface area contributed by atoms with Crippen LogP contribution in [0.25, 0.3) is 0 Å². The molecule has 1 aliphatic heterocycles. The standard InChI is InChI=1S/C24H24N2O3S/c1-17-8-10-20(11-9-17)30-14-12-25-23(27)21-15-18-5-2-3-6-19(18)16-26(21)24(28)22-7-4-13-29-22/h2-11,13,21H,12,14-16H2,1H3,(H,25,27). The normalized spacial score (nSPS) is 15.5. The van der Waals surface area contributed by atoms with Crippen LogP contribution in [0.1, 0.15) is 27.2 Å². The fourth-order valence-corrected chi connectivity index (χ4v) is 4.38. The predicted molar refractivity (Wildman–Crippen MR) is 117 cm³/mol. The molecule has 0 saturated carbocycles. The van der Waals surface area contributed by atoms with Crippen LogP contribution in [0.15, 0.2) is 76.2 Å². The predicted octanol–water partition coefficient (Wildman–Crippen LogP) is 4.06. The summed E-state index contributed by atoms with van der Waals surface area (Å²) in [5.41, 5.74) is 3.40. The van der Waals surface area contributed by atoms with Crippen LogP contribution in [0.4, 0.5) is 0 Å². The van der Waals surface area contributed by atoms with Gasteiger partial charge in [-0.3, -0.25) is 9.59 Å². The van der Waals surface area contributed by atoms with Crippen molar-refractivity contribution in [2.24, 2.45) is 0 Å². The van der Waals surface area contributed by atoms with Gasteiger partial charge in [-0.05, 0) is 42.3 Å². The van der Waals surface area contributed by atoms with Crippen molar-refractivity contribution in [2.75, 3.05) is 12.3 Å². The van der Waals surface area contributed by atoms with Gasteiger partial charge in [0.15, 0.2) is 5.76 Å². The Morgan fingerprint density at radius 1 is 1.07 bits per heavy atom. The highest BCUT2D eigenvalue weighted by Gasteiger charge is 2.35. The van der Waals surface area contributed by atoms with Crippen molar-refractivity contribution in [3.63, 3.8) is 0 Å². The maximum atomic E-state index is 13.0. The zero-order valence-corrected chi connectivity index (χ0v) is 17.7. The molecule has 1 aromatic heterocycles. The average molecular weight is 421 g/mol. The lowest BCUT2D eigenvalue weighted by Crippen LogP contribution is -2.52. The first kappa shape index (κ1) is 20.3. The molecule has 1 N–H and O–H groups in total. The van der Waals surface area contributed by atoms with Gasteiger partial charge in [-0.1, -0.05) is 42.0 Å². The maximum absolute atomic E-state index is 13.0. The number of rotatable bonds is 6. The molecule has 0 fully saturated rings. The average Bonchev–Trinajstić information content (AvgIpc) is 3.31. The Bertz CT molecular complexity index is 1020. The first-order valence-electron chi connectivity index (χ1n) is 10.0. The molecule has 0 aliphatic carbocycles. The molecule has 1 unspecified atom stereocenters. The zero-order valence-electron chi connectivity index (χ0n) is 16.8. The highest BCUT2D eigenvalue weighted by Crippen LogP contribution is 2.25. The monoisotopic (exact) mass is 420 g/mol. The molecular weight excluding hydrogens is 396 g/mol. The zero-order chi connectivity index (χ0) is 20.9. The van der Waals surface area contributed by atoms with Gasteiger partial charge in [-0.2, -0.15) is 0 Å². The molecule has 154 valence electrons. The Hall–Kier alpha value is -2.99. The molecule has 5 nitrogen and oxygen atoms in total. The minimum absolute atomic E-state index is 0.131. The van der Waals surface area contributed by atoms with Crippen LogP contribution in [0, 0.1) is 6.92 Å². The maximum Gasteiger partial charge on any atom is 0.290 e. The van der Waals surface area contributed by atoms with E-state index in [9.17, 15) is 9.59 Å². The largest absolute Gasteiger partial charge is 0.459 e. The summed E-state index contributed by atoms with van der Waals surface area (Å²) in [6.07, 6.45) is 1.97. The number of amides is 2. The summed E-state index contributed by atoms with van der Waals surface area (Å²) >= 11 is 1.70. The number of carbonyl (C=O) groups is 2. The van der Waals surface area contributed by atoms with Crippen LogP contribution in [0.3, 0.4) is 0 Å². The van der Waals surface area contributed by atoms with Gasteiger partial charge in [-0.25, -0.2) is 0 Å². The third kappa shape index (κ3) is 4.60. The van der Waals surface area contributed by atoms with Crippen LogP contribution in [0.2, 0.25) is 0 Å². The van der Waals surface area contributed by atoms with Crippen molar-refractivity contribution in [1.82, 2.24) is 10.2 Å². The Morgan fingerprint density at radius 3 is 2.57 bits per heavy atom. The topological polar surface area (TPSA) is 62.6 Å². The minimum atomic E-state index is -0.554. The molecule has 0 spiro atoms. The lowest BCUT2D eigenvalue weighted by atomic mass is 9.93. The number of benzene rings is 2. The van der Waals surface area contributed by atoms with Gasteiger partial charge in [0, 0.05) is 30.2 Å². The number of fused-ring (bicyclic) bond motifs is 1. The van der Waals surface area contributed by atoms with Crippen molar-refractivity contribution in [3.05, 3.63) is 89.4 Å². The van der Waals surface area contributed by atoms with E-state index in [1.165, 1.54) is 16.7 Å². The summed E-state index contributed by atoms with van der Waals surface area (Å²) < 4.78 is 5.29. The van der Waals surface area contributed by atoms with Gasteiger partial charge in [0.25, 0.3) is 5.91 Å². The SMILES string of the molecule is Cc1ccc(SCCNC(=O)C2Cc3ccccc3CN2C(=O)c2ccco2)cc1. The van der Waals surface area contributed by atoms with E-state index in [0.717, 1.165) is 16.9 Å². The Morgan fingerprint density at radius 2 is 1.83 bits per heavy atom. The van der Waals surface area contributed by atoms with Crippen molar-refractivity contribution >= 4 is 23.6 Å². The van der Waals surface area contributed by atoms with Crippen LogP contribution in [0.5, 0.6) is 0 Å². The lowest BCUT2D eigenvalue weighted by Gasteiger charge is -2.35. The molecule has 2 aromatic carbocycles. The second-order valence-electron chi connectivity index (χ2n) is 7.35. The van der Waals surface area contributed by atoms with Crippen molar-refractivity contribution in [1.29, 1.82) is 0 Å². The molecule has 4 rings (SSSR count). The van der Waals surface area contributed by atoms with Crippen LogP contribution >= 0.6 is 11.8 Å². The first-order valence-corrected chi connectivity index (χ1v) is 11.0. The fraction of sp³-hybridized carbons (Fsp3) is 0.250. The fourth-order valence-electron chi connectivity index (χ4n) is 3.61. The molecular formula is C24H24N2O3S. The van der Waals surface area contributed by atoms with Gasteiger partial charge in [0.1, 0.15) is 6.04 Å². The summed E-state index contributed by atoms with van der Waals surface area (Å²) in [5.74, 6) is 0.629. The van der Waals surface area contributed by atoms with E-state index in [1.807, 2.05) is 24.3 Å². The Kier molecular flexibility index (Phi) is 6.23. The van der Waals surface area contributed by atoms with Crippen molar-refractivity contribution < 1.29 is 14.0 Å². The summed E-state index contributed by atoms with van der Waals surface area (Å²) in [6, 6.07) is 19.1.